The topological polar surface area (TPSA) is 29.3 Å². The van der Waals surface area contributed by atoms with Gasteiger partial charge in [0.05, 0.1) is 4.99 Å². The summed E-state index contributed by atoms with van der Waals surface area (Å²) >= 11 is 4.95. The van der Waals surface area contributed by atoms with Crippen molar-refractivity contribution in [1.29, 1.82) is 0 Å². The molecule has 0 radical (unpaired) electrons. The van der Waals surface area contributed by atoms with Gasteiger partial charge in [-0.15, -0.1) is 0 Å². The monoisotopic (exact) mass is 214 g/mol. The molecule has 0 amide bonds. The molecule has 1 fully saturated rings. The van der Waals surface area contributed by atoms with Crippen LogP contribution < -0.4 is 5.73 Å². The molecule has 14 heavy (non-hydrogen) atoms. The average Bonchev–Trinajstić information content (AvgIpc) is 2.17. The lowest BCUT2D eigenvalue weighted by Gasteiger charge is -2.36. The van der Waals surface area contributed by atoms with Gasteiger partial charge in [-0.25, -0.2) is 0 Å². The molecule has 1 heterocycles. The third-order valence-corrected chi connectivity index (χ3v) is 3.41. The summed E-state index contributed by atoms with van der Waals surface area (Å²) in [6, 6.07) is 0.529. The third kappa shape index (κ3) is 3.54. The van der Waals surface area contributed by atoms with Gasteiger partial charge in [0, 0.05) is 19.0 Å². The van der Waals surface area contributed by atoms with Crippen LogP contribution in [0.5, 0.6) is 0 Å². The number of thiocarbonyl (C=S) groups is 1. The van der Waals surface area contributed by atoms with E-state index in [4.69, 9.17) is 18.0 Å². The van der Waals surface area contributed by atoms with Crippen LogP contribution in [0, 0.1) is 5.92 Å². The molecule has 82 valence electrons. The summed E-state index contributed by atoms with van der Waals surface area (Å²) in [5, 5.41) is 0. The maximum Gasteiger partial charge on any atom is 0.0742 e. The molecule has 0 aliphatic carbocycles. The predicted octanol–water partition coefficient (Wildman–Crippen LogP) is 2.17. The molecule has 2 atom stereocenters. The Balaban J connectivity index is 2.38. The summed E-state index contributed by atoms with van der Waals surface area (Å²) in [6.07, 6.45) is 4.90. The minimum absolute atomic E-state index is 0.529. The van der Waals surface area contributed by atoms with Crippen molar-refractivity contribution in [1.82, 2.24) is 4.90 Å². The fourth-order valence-electron chi connectivity index (χ4n) is 2.25. The third-order valence-electron chi connectivity index (χ3n) is 3.25. The van der Waals surface area contributed by atoms with Gasteiger partial charge in [-0.05, 0) is 32.2 Å². The second kappa shape index (κ2) is 5.66. The van der Waals surface area contributed by atoms with Crippen molar-refractivity contribution in [2.45, 2.75) is 45.6 Å². The van der Waals surface area contributed by atoms with Crippen molar-refractivity contribution >= 4 is 17.2 Å². The molecule has 0 saturated carbocycles. The zero-order valence-electron chi connectivity index (χ0n) is 9.33. The van der Waals surface area contributed by atoms with Crippen LogP contribution in [-0.4, -0.2) is 29.0 Å². The fraction of sp³-hybridized carbons (Fsp3) is 0.909. The van der Waals surface area contributed by atoms with Gasteiger partial charge in [0.1, 0.15) is 0 Å². The maximum absolute atomic E-state index is 5.57. The number of rotatable bonds is 4. The highest BCUT2D eigenvalue weighted by molar-refractivity contribution is 7.80. The molecule has 1 aliphatic heterocycles. The van der Waals surface area contributed by atoms with Crippen molar-refractivity contribution < 1.29 is 0 Å². The smallest absolute Gasteiger partial charge is 0.0742 e. The van der Waals surface area contributed by atoms with E-state index in [9.17, 15) is 0 Å². The summed E-state index contributed by atoms with van der Waals surface area (Å²) in [5.74, 6) is 0.887. The minimum atomic E-state index is 0.529. The van der Waals surface area contributed by atoms with E-state index in [-0.39, 0.29) is 0 Å². The summed E-state index contributed by atoms with van der Waals surface area (Å²) in [4.78, 5) is 3.19. The average molecular weight is 214 g/mol. The quantitative estimate of drug-likeness (QED) is 0.727. The van der Waals surface area contributed by atoms with Gasteiger partial charge in [-0.2, -0.15) is 0 Å². The molecule has 2 N–H and O–H groups in total. The van der Waals surface area contributed by atoms with Crippen LogP contribution in [-0.2, 0) is 0 Å². The van der Waals surface area contributed by atoms with Crippen LogP contribution in [0.25, 0.3) is 0 Å². The molecule has 0 bridgehead atoms. The van der Waals surface area contributed by atoms with Crippen molar-refractivity contribution in [2.24, 2.45) is 11.7 Å². The lowest BCUT2D eigenvalue weighted by molar-refractivity contribution is 0.132. The van der Waals surface area contributed by atoms with Gasteiger partial charge in [-0.1, -0.05) is 25.6 Å². The Morgan fingerprint density at radius 3 is 2.93 bits per heavy atom. The molecule has 2 nitrogen and oxygen atoms in total. The zero-order chi connectivity index (χ0) is 10.6. The predicted molar refractivity (Wildman–Crippen MR) is 65.5 cm³/mol. The standard InChI is InChI=1S/C11H22N2S/c1-3-10-5-4-6-13(8-10)9(2)7-11(12)14/h9-10H,3-8H2,1-2H3,(H2,12,14). The molecule has 1 aliphatic rings. The lowest BCUT2D eigenvalue weighted by atomic mass is 9.94. The second-order valence-corrected chi connectivity index (χ2v) is 4.96. The first-order valence-corrected chi connectivity index (χ1v) is 6.06. The Morgan fingerprint density at radius 1 is 1.64 bits per heavy atom. The molecule has 3 heteroatoms. The largest absolute Gasteiger partial charge is 0.393 e. The molecule has 0 aromatic heterocycles. The number of likely N-dealkylation sites (tertiary alicyclic amines) is 1. The summed E-state index contributed by atoms with van der Waals surface area (Å²) < 4.78 is 0. The SMILES string of the molecule is CCC1CCCN(C(C)CC(N)=S)C1. The molecule has 0 spiro atoms. The van der Waals surface area contributed by atoms with E-state index in [2.05, 4.69) is 18.7 Å². The van der Waals surface area contributed by atoms with Crippen molar-refractivity contribution in [3.63, 3.8) is 0 Å². The highest BCUT2D eigenvalue weighted by atomic mass is 32.1. The Morgan fingerprint density at radius 2 is 2.36 bits per heavy atom. The Hall–Kier alpha value is -0.150. The zero-order valence-corrected chi connectivity index (χ0v) is 10.1. The van der Waals surface area contributed by atoms with E-state index in [0.717, 1.165) is 12.3 Å². The van der Waals surface area contributed by atoms with Crippen molar-refractivity contribution in [3.05, 3.63) is 0 Å². The van der Waals surface area contributed by atoms with E-state index in [1.807, 2.05) is 0 Å². The molecular weight excluding hydrogens is 192 g/mol. The molecule has 1 saturated heterocycles. The highest BCUT2D eigenvalue weighted by Crippen LogP contribution is 2.21. The van der Waals surface area contributed by atoms with Gasteiger partial charge in [0.25, 0.3) is 0 Å². The maximum atomic E-state index is 5.57. The van der Waals surface area contributed by atoms with Crippen LogP contribution >= 0.6 is 12.2 Å². The molecule has 0 aromatic rings. The van der Waals surface area contributed by atoms with Gasteiger partial charge >= 0.3 is 0 Å². The first kappa shape index (κ1) is 11.9. The van der Waals surface area contributed by atoms with Gasteiger partial charge in [0.15, 0.2) is 0 Å². The molecule has 1 rings (SSSR count). The van der Waals surface area contributed by atoms with Crippen LogP contribution in [0.4, 0.5) is 0 Å². The second-order valence-electron chi connectivity index (χ2n) is 4.43. The van der Waals surface area contributed by atoms with Gasteiger partial charge < -0.3 is 5.73 Å². The molecular formula is C11H22N2S. The first-order chi connectivity index (χ1) is 6.63. The van der Waals surface area contributed by atoms with Crippen LogP contribution in [0.15, 0.2) is 0 Å². The number of nitrogens with two attached hydrogens (primary N) is 1. The normalized spacial score (nSPS) is 26.0. The Bertz CT molecular complexity index is 194. The van der Waals surface area contributed by atoms with E-state index in [1.54, 1.807) is 0 Å². The van der Waals surface area contributed by atoms with E-state index >= 15 is 0 Å². The van der Waals surface area contributed by atoms with E-state index in [1.165, 1.54) is 32.4 Å². The van der Waals surface area contributed by atoms with Crippen LogP contribution in [0.2, 0.25) is 0 Å². The fourth-order valence-corrected chi connectivity index (χ4v) is 2.49. The number of hydrogen-bond donors (Lipinski definition) is 1. The van der Waals surface area contributed by atoms with Gasteiger partial charge in [0.2, 0.25) is 0 Å². The summed E-state index contributed by atoms with van der Waals surface area (Å²) in [5.41, 5.74) is 5.57. The minimum Gasteiger partial charge on any atom is -0.393 e. The first-order valence-electron chi connectivity index (χ1n) is 5.65. The highest BCUT2D eigenvalue weighted by Gasteiger charge is 2.22. The Kier molecular flexibility index (Phi) is 4.82. The Labute approximate surface area is 92.8 Å². The summed E-state index contributed by atoms with van der Waals surface area (Å²) in [6.45, 7) is 6.98. The number of hydrogen-bond acceptors (Lipinski definition) is 2. The van der Waals surface area contributed by atoms with Crippen LogP contribution in [0.1, 0.15) is 39.5 Å². The molecule has 0 aromatic carbocycles. The molecule has 2 unspecified atom stereocenters. The number of nitrogens with zero attached hydrogens (tertiary/aromatic N) is 1. The summed E-state index contributed by atoms with van der Waals surface area (Å²) in [7, 11) is 0. The van der Waals surface area contributed by atoms with E-state index in [0.29, 0.717) is 11.0 Å². The number of piperidine rings is 1. The van der Waals surface area contributed by atoms with Crippen molar-refractivity contribution in [2.75, 3.05) is 13.1 Å². The van der Waals surface area contributed by atoms with Gasteiger partial charge in [-0.3, -0.25) is 4.90 Å². The lowest BCUT2D eigenvalue weighted by Crippen LogP contribution is -2.42. The van der Waals surface area contributed by atoms with Crippen molar-refractivity contribution in [3.8, 4) is 0 Å². The van der Waals surface area contributed by atoms with E-state index < -0.39 is 0 Å². The van der Waals surface area contributed by atoms with Crippen LogP contribution in [0.3, 0.4) is 0 Å².